The molecule has 290 valence electrons. The molecule has 3 aromatic heterocycles. The van der Waals surface area contributed by atoms with E-state index in [1.807, 2.05) is 48.3 Å². The molecule has 4 heterocycles. The molecule has 0 N–H and O–H groups in total. The Labute approximate surface area is 363 Å². The third kappa shape index (κ3) is 6.30. The number of pyridine rings is 1. The molecule has 0 amide bonds. The van der Waals surface area contributed by atoms with Crippen molar-refractivity contribution in [1.29, 1.82) is 0 Å². The van der Waals surface area contributed by atoms with Crippen LogP contribution in [-0.2, 0) is 0 Å². The molecule has 62 heavy (non-hydrogen) atoms. The first kappa shape index (κ1) is 36.0. The molecule has 5 heteroatoms. The summed E-state index contributed by atoms with van der Waals surface area (Å²) >= 11 is 1.81. The van der Waals surface area contributed by atoms with E-state index in [1.54, 1.807) is 6.20 Å². The van der Waals surface area contributed by atoms with Gasteiger partial charge < -0.3 is 4.42 Å². The van der Waals surface area contributed by atoms with Gasteiger partial charge in [0.1, 0.15) is 11.2 Å². The standard InChI is InChI=1S/C57H35N3OS/c1-2-13-38(14-3-1)57-59-51(37-26-24-36(25-27-37)40-15-12-30-58-35-40)34-52(60-57)39-28-29-45-43-18-5-4-16-41(43)42-17-6-7-19-44(42)47-21-9-11-23-55(47)62-56-33-49-46-20-8-10-22-53(46)61-54(49)32-50(56)48(45)31-39/h1-35H. The predicted molar refractivity (Wildman–Crippen MR) is 255 cm³/mol. The molecule has 0 saturated carbocycles. The van der Waals surface area contributed by atoms with Gasteiger partial charge in [-0.05, 0) is 98.1 Å². The number of rotatable bonds is 4. The third-order valence-electron chi connectivity index (χ3n) is 11.8. The molecule has 1 aliphatic rings. The number of aromatic nitrogens is 3. The van der Waals surface area contributed by atoms with Crippen LogP contribution in [0.25, 0.3) is 111 Å². The summed E-state index contributed by atoms with van der Waals surface area (Å²) in [4.78, 5) is 17.1. The molecule has 0 spiro atoms. The molecule has 8 aromatic carbocycles. The molecule has 0 radical (unpaired) electrons. The van der Waals surface area contributed by atoms with Crippen LogP contribution in [0.1, 0.15) is 0 Å². The van der Waals surface area contributed by atoms with Gasteiger partial charge in [0.25, 0.3) is 0 Å². The summed E-state index contributed by atoms with van der Waals surface area (Å²) in [5.41, 5.74) is 17.8. The second-order valence-corrected chi connectivity index (χ2v) is 16.6. The molecule has 11 aromatic rings. The van der Waals surface area contributed by atoms with Gasteiger partial charge in [-0.3, -0.25) is 4.98 Å². The average Bonchev–Trinajstić information content (AvgIpc) is 3.71. The van der Waals surface area contributed by atoms with Crippen molar-refractivity contribution in [2.75, 3.05) is 0 Å². The second kappa shape index (κ2) is 15.0. The second-order valence-electron chi connectivity index (χ2n) is 15.5. The average molecular weight is 810 g/mol. The topological polar surface area (TPSA) is 51.8 Å². The Bertz CT molecular complexity index is 3490. The van der Waals surface area contributed by atoms with Crippen molar-refractivity contribution in [2.24, 2.45) is 0 Å². The highest BCUT2D eigenvalue weighted by Crippen LogP contribution is 2.50. The maximum atomic E-state index is 6.62. The zero-order chi connectivity index (χ0) is 41.0. The van der Waals surface area contributed by atoms with Crippen molar-refractivity contribution in [3.8, 4) is 89.5 Å². The van der Waals surface area contributed by atoms with Gasteiger partial charge in [0.2, 0.25) is 0 Å². The number of nitrogens with zero attached hydrogens (tertiary/aromatic N) is 3. The van der Waals surface area contributed by atoms with Crippen molar-refractivity contribution < 1.29 is 4.42 Å². The van der Waals surface area contributed by atoms with Crippen LogP contribution in [0.5, 0.6) is 0 Å². The number of para-hydroxylation sites is 1. The minimum Gasteiger partial charge on any atom is -0.456 e. The molecule has 0 unspecified atom stereocenters. The highest BCUT2D eigenvalue weighted by molar-refractivity contribution is 7.99. The maximum Gasteiger partial charge on any atom is 0.160 e. The SMILES string of the molecule is c1ccc(-c2nc(-c3ccc(-c4cccnc4)cc3)cc(-c3ccc4c(c3)-c3cc5oc6ccccc6c5cc3Sc3ccccc3-c3ccccc3-c3ccccc3-4)n2)cc1. The molecular formula is C57H35N3OS. The Kier molecular flexibility index (Phi) is 8.72. The first-order valence-electron chi connectivity index (χ1n) is 20.7. The highest BCUT2D eigenvalue weighted by Gasteiger charge is 2.24. The van der Waals surface area contributed by atoms with Crippen molar-refractivity contribution in [2.45, 2.75) is 9.79 Å². The van der Waals surface area contributed by atoms with Crippen LogP contribution in [0, 0.1) is 0 Å². The van der Waals surface area contributed by atoms with Crippen LogP contribution in [-0.4, -0.2) is 15.0 Å². The zero-order valence-corrected chi connectivity index (χ0v) is 34.2. The Hall–Kier alpha value is -7.86. The lowest BCUT2D eigenvalue weighted by Crippen LogP contribution is -1.97. The first-order valence-corrected chi connectivity index (χ1v) is 21.5. The van der Waals surface area contributed by atoms with Crippen LogP contribution in [0.2, 0.25) is 0 Å². The molecule has 4 nitrogen and oxygen atoms in total. The fraction of sp³-hybridized carbons (Fsp3) is 0. The van der Waals surface area contributed by atoms with E-state index in [9.17, 15) is 0 Å². The number of fused-ring (bicyclic) bond motifs is 12. The molecule has 0 aliphatic carbocycles. The molecule has 0 atom stereocenters. The molecule has 0 bridgehead atoms. The normalized spacial score (nSPS) is 11.8. The van der Waals surface area contributed by atoms with Crippen LogP contribution in [0.3, 0.4) is 0 Å². The van der Waals surface area contributed by atoms with Crippen molar-refractivity contribution in [1.82, 2.24) is 15.0 Å². The number of furan rings is 1. The van der Waals surface area contributed by atoms with Crippen LogP contribution < -0.4 is 0 Å². The minimum atomic E-state index is 0.671. The van der Waals surface area contributed by atoms with Crippen LogP contribution >= 0.6 is 11.8 Å². The monoisotopic (exact) mass is 809 g/mol. The minimum absolute atomic E-state index is 0.671. The highest BCUT2D eigenvalue weighted by atomic mass is 32.2. The fourth-order valence-electron chi connectivity index (χ4n) is 8.84. The van der Waals surface area contributed by atoms with E-state index in [4.69, 9.17) is 14.4 Å². The Morgan fingerprint density at radius 1 is 0.339 bits per heavy atom. The largest absolute Gasteiger partial charge is 0.456 e. The fourth-order valence-corrected chi connectivity index (χ4v) is 9.96. The zero-order valence-electron chi connectivity index (χ0n) is 33.4. The summed E-state index contributed by atoms with van der Waals surface area (Å²) in [7, 11) is 0. The van der Waals surface area contributed by atoms with E-state index in [0.29, 0.717) is 5.82 Å². The summed E-state index contributed by atoms with van der Waals surface area (Å²) in [5, 5.41) is 2.20. The van der Waals surface area contributed by atoms with Crippen molar-refractivity contribution in [3.05, 3.63) is 213 Å². The van der Waals surface area contributed by atoms with Gasteiger partial charge in [-0.25, -0.2) is 9.97 Å². The molecular weight excluding hydrogens is 775 g/mol. The molecule has 1 aliphatic heterocycles. The van der Waals surface area contributed by atoms with Gasteiger partial charge in [-0.2, -0.15) is 0 Å². The van der Waals surface area contributed by atoms with Crippen molar-refractivity contribution in [3.63, 3.8) is 0 Å². The number of hydrogen-bond acceptors (Lipinski definition) is 5. The number of hydrogen-bond donors (Lipinski definition) is 0. The van der Waals surface area contributed by atoms with Crippen LogP contribution in [0.4, 0.5) is 0 Å². The van der Waals surface area contributed by atoms with Gasteiger partial charge in [-0.15, -0.1) is 0 Å². The van der Waals surface area contributed by atoms with E-state index in [1.165, 1.54) is 27.1 Å². The van der Waals surface area contributed by atoms with Gasteiger partial charge in [0.05, 0.1) is 11.4 Å². The van der Waals surface area contributed by atoms with Gasteiger partial charge in [-0.1, -0.05) is 169 Å². The maximum absolute atomic E-state index is 6.62. The van der Waals surface area contributed by atoms with E-state index < -0.39 is 0 Å². The molecule has 0 fully saturated rings. The smallest absolute Gasteiger partial charge is 0.160 e. The van der Waals surface area contributed by atoms with E-state index >= 15 is 0 Å². The third-order valence-corrected chi connectivity index (χ3v) is 13.0. The predicted octanol–water partition coefficient (Wildman–Crippen LogP) is 15.6. The lowest BCUT2D eigenvalue weighted by molar-refractivity contribution is 0.669. The van der Waals surface area contributed by atoms with Gasteiger partial charge >= 0.3 is 0 Å². The molecule has 12 rings (SSSR count). The van der Waals surface area contributed by atoms with Gasteiger partial charge in [0, 0.05) is 49.6 Å². The quantitative estimate of drug-likeness (QED) is 0.177. The van der Waals surface area contributed by atoms with E-state index in [2.05, 4.69) is 175 Å². The lowest BCUT2D eigenvalue weighted by atomic mass is 9.85. The summed E-state index contributed by atoms with van der Waals surface area (Å²) in [5.74, 6) is 0.671. The summed E-state index contributed by atoms with van der Waals surface area (Å²) in [6.45, 7) is 0. The Morgan fingerprint density at radius 2 is 0.935 bits per heavy atom. The van der Waals surface area contributed by atoms with Crippen LogP contribution in [0.15, 0.2) is 227 Å². The van der Waals surface area contributed by atoms with E-state index in [-0.39, 0.29) is 0 Å². The van der Waals surface area contributed by atoms with Gasteiger partial charge in [0.15, 0.2) is 5.82 Å². The summed E-state index contributed by atoms with van der Waals surface area (Å²) in [6, 6.07) is 71.1. The Morgan fingerprint density at radius 3 is 1.68 bits per heavy atom. The first-order chi connectivity index (χ1) is 30.7. The van der Waals surface area contributed by atoms with Crippen molar-refractivity contribution >= 4 is 33.7 Å². The summed E-state index contributed by atoms with van der Waals surface area (Å²) < 4.78 is 6.62. The summed E-state index contributed by atoms with van der Waals surface area (Å²) in [6.07, 6.45) is 3.69. The lowest BCUT2D eigenvalue weighted by Gasteiger charge is -2.18. The molecule has 0 saturated heterocycles. The number of benzene rings is 8. The van der Waals surface area contributed by atoms with E-state index in [0.717, 1.165) is 88.3 Å². The Balaban J connectivity index is 1.12.